The van der Waals surface area contributed by atoms with Gasteiger partial charge in [0.1, 0.15) is 11.8 Å². The summed E-state index contributed by atoms with van der Waals surface area (Å²) in [5, 5.41) is 15.4. The van der Waals surface area contributed by atoms with Crippen molar-refractivity contribution in [3.8, 4) is 5.75 Å². The number of phenolic OH excluding ortho intramolecular Hbond substituents is 1. The van der Waals surface area contributed by atoms with Crippen LogP contribution in [0.3, 0.4) is 0 Å². The number of aromatic hydroxyl groups is 1. The molecular weight excluding hydrogens is 433 g/mol. The Morgan fingerprint density at radius 1 is 1.03 bits per heavy atom. The van der Waals surface area contributed by atoms with Crippen LogP contribution in [-0.2, 0) is 26.9 Å². The zero-order valence-corrected chi connectivity index (χ0v) is 20.9. The third-order valence-electron chi connectivity index (χ3n) is 5.12. The topological polar surface area (TPSA) is 58.6 Å². The van der Waals surface area contributed by atoms with Gasteiger partial charge in [0.2, 0.25) is 0 Å². The molecule has 0 saturated carbocycles. The second-order valence-corrected chi connectivity index (χ2v) is 10.6. The lowest BCUT2D eigenvalue weighted by atomic mass is 9.77. The molecule has 0 aliphatic rings. The third-order valence-corrected chi connectivity index (χ3v) is 5.70. The van der Waals surface area contributed by atoms with E-state index in [1.165, 1.54) is 0 Å². The first-order valence-electron chi connectivity index (χ1n) is 10.5. The van der Waals surface area contributed by atoms with Crippen molar-refractivity contribution in [1.29, 1.82) is 0 Å². The normalized spacial score (nSPS) is 13.2. The molecule has 0 saturated heterocycles. The molecule has 0 aliphatic heterocycles. The number of phenols is 1. The SMILES string of the molecule is CCOC(=O)C(NCc1ccc(Cl)cc1Cl)c1cc(C(C)(C)C)c(O)c(C(C)(C)C)c1. The summed E-state index contributed by atoms with van der Waals surface area (Å²) >= 11 is 12.3. The minimum Gasteiger partial charge on any atom is -0.507 e. The Morgan fingerprint density at radius 3 is 2.03 bits per heavy atom. The van der Waals surface area contributed by atoms with Crippen LogP contribution in [0.15, 0.2) is 30.3 Å². The maximum Gasteiger partial charge on any atom is 0.327 e. The Labute approximate surface area is 195 Å². The van der Waals surface area contributed by atoms with Crippen molar-refractivity contribution >= 4 is 29.2 Å². The molecule has 0 bridgehead atoms. The molecule has 31 heavy (non-hydrogen) atoms. The molecule has 170 valence electrons. The first kappa shape index (κ1) is 25.5. The molecule has 1 atom stereocenters. The molecule has 2 N–H and O–H groups in total. The summed E-state index contributed by atoms with van der Waals surface area (Å²) in [5.41, 5.74) is 2.53. The quantitative estimate of drug-likeness (QED) is 0.466. The van der Waals surface area contributed by atoms with E-state index in [0.717, 1.165) is 22.3 Å². The minimum atomic E-state index is -0.713. The summed E-state index contributed by atoms with van der Waals surface area (Å²) < 4.78 is 5.36. The van der Waals surface area contributed by atoms with E-state index in [1.54, 1.807) is 19.1 Å². The number of halogens is 2. The van der Waals surface area contributed by atoms with Crippen LogP contribution < -0.4 is 5.32 Å². The van der Waals surface area contributed by atoms with E-state index in [1.807, 2.05) is 59.7 Å². The molecular formula is C25H33Cl2NO3. The standard InChI is InChI=1S/C25H33Cl2NO3/c1-8-31-23(30)21(28-14-15-9-10-17(26)13-20(15)27)16-11-18(24(2,3)4)22(29)19(12-16)25(5,6)7/h9-13,21,28-29H,8,14H2,1-7H3. The van der Waals surface area contributed by atoms with E-state index in [-0.39, 0.29) is 29.2 Å². The van der Waals surface area contributed by atoms with E-state index in [9.17, 15) is 9.90 Å². The predicted octanol–water partition coefficient (Wildman–Crippen LogP) is 6.69. The van der Waals surface area contributed by atoms with Crippen molar-refractivity contribution in [1.82, 2.24) is 5.32 Å². The Kier molecular flexibility index (Phi) is 8.07. The number of hydrogen-bond donors (Lipinski definition) is 2. The number of esters is 1. The number of carbonyl (C=O) groups is 1. The lowest BCUT2D eigenvalue weighted by molar-refractivity contribution is -0.145. The van der Waals surface area contributed by atoms with Crippen LogP contribution in [0.25, 0.3) is 0 Å². The maximum atomic E-state index is 12.9. The summed E-state index contributed by atoms with van der Waals surface area (Å²) in [5.74, 6) is -0.106. The summed E-state index contributed by atoms with van der Waals surface area (Å²) in [6, 6.07) is 8.34. The largest absolute Gasteiger partial charge is 0.507 e. The molecule has 0 heterocycles. The van der Waals surface area contributed by atoms with Gasteiger partial charge in [-0.2, -0.15) is 0 Å². The van der Waals surface area contributed by atoms with Crippen LogP contribution in [0.4, 0.5) is 0 Å². The molecule has 0 amide bonds. The number of hydrogen-bond acceptors (Lipinski definition) is 4. The van der Waals surface area contributed by atoms with Gasteiger partial charge in [-0.25, -0.2) is 4.79 Å². The number of ether oxygens (including phenoxy) is 1. The van der Waals surface area contributed by atoms with Gasteiger partial charge in [0.15, 0.2) is 0 Å². The zero-order valence-electron chi connectivity index (χ0n) is 19.4. The Balaban J connectivity index is 2.56. The van der Waals surface area contributed by atoms with Gasteiger partial charge in [-0.15, -0.1) is 0 Å². The first-order valence-corrected chi connectivity index (χ1v) is 11.2. The second-order valence-electron chi connectivity index (χ2n) is 9.77. The van der Waals surface area contributed by atoms with Crippen LogP contribution in [-0.4, -0.2) is 17.7 Å². The van der Waals surface area contributed by atoms with Crippen molar-refractivity contribution in [2.24, 2.45) is 0 Å². The minimum absolute atomic E-state index is 0.270. The summed E-state index contributed by atoms with van der Waals surface area (Å²) in [6.45, 7) is 14.7. The van der Waals surface area contributed by atoms with Gasteiger partial charge < -0.3 is 9.84 Å². The second kappa shape index (κ2) is 9.81. The monoisotopic (exact) mass is 465 g/mol. The van der Waals surface area contributed by atoms with Crippen LogP contribution in [0.2, 0.25) is 10.0 Å². The summed E-state index contributed by atoms with van der Waals surface area (Å²) in [7, 11) is 0. The fraction of sp³-hybridized carbons (Fsp3) is 0.480. The molecule has 2 aromatic carbocycles. The van der Waals surface area contributed by atoms with E-state index in [0.29, 0.717) is 16.6 Å². The fourth-order valence-electron chi connectivity index (χ4n) is 3.41. The highest BCUT2D eigenvalue weighted by atomic mass is 35.5. The molecule has 1 unspecified atom stereocenters. The highest BCUT2D eigenvalue weighted by Crippen LogP contribution is 2.41. The fourth-order valence-corrected chi connectivity index (χ4v) is 3.88. The number of nitrogens with one attached hydrogen (secondary N) is 1. The summed E-state index contributed by atoms with van der Waals surface area (Å²) in [4.78, 5) is 12.9. The van der Waals surface area contributed by atoms with Gasteiger partial charge in [-0.05, 0) is 64.3 Å². The summed E-state index contributed by atoms with van der Waals surface area (Å²) in [6.07, 6.45) is 0. The van der Waals surface area contributed by atoms with Gasteiger partial charge in [-0.1, -0.05) is 70.8 Å². The molecule has 0 radical (unpaired) electrons. The number of carbonyl (C=O) groups excluding carboxylic acids is 1. The van der Waals surface area contributed by atoms with Crippen molar-refractivity contribution in [3.63, 3.8) is 0 Å². The molecule has 0 spiro atoms. The highest BCUT2D eigenvalue weighted by molar-refractivity contribution is 6.35. The van der Waals surface area contributed by atoms with Crippen molar-refractivity contribution in [2.45, 2.75) is 71.9 Å². The van der Waals surface area contributed by atoms with E-state index in [4.69, 9.17) is 27.9 Å². The van der Waals surface area contributed by atoms with Crippen molar-refractivity contribution in [2.75, 3.05) is 6.61 Å². The van der Waals surface area contributed by atoms with Crippen molar-refractivity contribution < 1.29 is 14.6 Å². The lowest BCUT2D eigenvalue weighted by Crippen LogP contribution is -2.31. The number of rotatable bonds is 6. The average molecular weight is 466 g/mol. The van der Waals surface area contributed by atoms with Gasteiger partial charge in [0.25, 0.3) is 0 Å². The van der Waals surface area contributed by atoms with E-state index < -0.39 is 6.04 Å². The van der Waals surface area contributed by atoms with Gasteiger partial charge in [0, 0.05) is 16.6 Å². The molecule has 0 aliphatic carbocycles. The Hall–Kier alpha value is -1.75. The third kappa shape index (κ3) is 6.38. The highest BCUT2D eigenvalue weighted by Gasteiger charge is 2.30. The average Bonchev–Trinajstić information content (AvgIpc) is 2.62. The lowest BCUT2D eigenvalue weighted by Gasteiger charge is -2.30. The van der Waals surface area contributed by atoms with Crippen LogP contribution in [0.1, 0.15) is 76.8 Å². The van der Waals surface area contributed by atoms with Crippen LogP contribution >= 0.6 is 23.2 Å². The molecule has 0 aromatic heterocycles. The van der Waals surface area contributed by atoms with Gasteiger partial charge in [0.05, 0.1) is 6.61 Å². The smallest absolute Gasteiger partial charge is 0.327 e. The van der Waals surface area contributed by atoms with E-state index >= 15 is 0 Å². The Morgan fingerprint density at radius 2 is 1.58 bits per heavy atom. The molecule has 4 nitrogen and oxygen atoms in total. The zero-order chi connectivity index (χ0) is 23.6. The molecule has 6 heteroatoms. The van der Waals surface area contributed by atoms with Crippen LogP contribution in [0.5, 0.6) is 5.75 Å². The Bertz CT molecular complexity index is 908. The maximum absolute atomic E-state index is 12.9. The van der Waals surface area contributed by atoms with Crippen molar-refractivity contribution in [3.05, 3.63) is 62.6 Å². The molecule has 0 fully saturated rings. The predicted molar refractivity (Wildman–Crippen MR) is 128 cm³/mol. The molecule has 2 rings (SSSR count). The van der Waals surface area contributed by atoms with Gasteiger partial charge >= 0.3 is 5.97 Å². The first-order chi connectivity index (χ1) is 14.3. The number of benzene rings is 2. The van der Waals surface area contributed by atoms with Crippen LogP contribution in [0, 0.1) is 0 Å². The van der Waals surface area contributed by atoms with E-state index in [2.05, 4.69) is 5.32 Å². The molecule has 2 aromatic rings. The van der Waals surface area contributed by atoms with Gasteiger partial charge in [-0.3, -0.25) is 5.32 Å².